The normalized spacial score (nSPS) is 21.8. The average molecular weight is 304 g/mol. The van der Waals surface area contributed by atoms with Crippen LogP contribution in [0.1, 0.15) is 13.8 Å². The fraction of sp³-hybridized carbons (Fsp3) is 0.727. The lowest BCUT2D eigenvalue weighted by Crippen LogP contribution is -2.50. The largest absolute Gasteiger partial charge is 0.382 e. The summed E-state index contributed by atoms with van der Waals surface area (Å²) in [5.74, 6) is 0.180. The van der Waals surface area contributed by atoms with E-state index in [1.54, 1.807) is 6.92 Å². The fourth-order valence-corrected chi connectivity index (χ4v) is 4.50. The number of rotatable bonds is 3. The number of likely N-dealkylation sites (N-methyl/N-ethyl adjacent to an activating group) is 1. The second kappa shape index (κ2) is 5.26. The minimum absolute atomic E-state index is 0.0475. The van der Waals surface area contributed by atoms with Crippen LogP contribution in [0.5, 0.6) is 0 Å². The Labute approximate surface area is 118 Å². The maximum absolute atomic E-state index is 12.1. The van der Waals surface area contributed by atoms with Crippen molar-refractivity contribution < 1.29 is 8.42 Å². The van der Waals surface area contributed by atoms with Crippen LogP contribution in [-0.4, -0.2) is 56.2 Å². The number of aromatic nitrogens is 1. The molecule has 19 heavy (non-hydrogen) atoms. The molecule has 6 nitrogen and oxygen atoms in total. The smallest absolute Gasteiger partial charge is 0.184 e. The molecule has 1 unspecified atom stereocenters. The summed E-state index contributed by atoms with van der Waals surface area (Å²) in [7, 11) is -1.25. The molecule has 8 heteroatoms. The molecule has 0 bridgehead atoms. The molecule has 1 fully saturated rings. The summed E-state index contributed by atoms with van der Waals surface area (Å²) in [5.41, 5.74) is 5.75. The van der Waals surface area contributed by atoms with Crippen LogP contribution in [0.2, 0.25) is 0 Å². The quantitative estimate of drug-likeness (QED) is 0.883. The number of nitrogen functional groups attached to an aromatic ring is 1. The van der Waals surface area contributed by atoms with Crippen LogP contribution in [-0.2, 0) is 9.84 Å². The highest BCUT2D eigenvalue weighted by atomic mass is 32.2. The molecular formula is C11H20N4O2S2. The van der Waals surface area contributed by atoms with Crippen molar-refractivity contribution in [3.63, 3.8) is 0 Å². The highest BCUT2D eigenvalue weighted by molar-refractivity contribution is 7.91. The molecule has 2 rings (SSSR count). The number of sulfone groups is 1. The third kappa shape index (κ3) is 2.70. The first-order valence-electron chi connectivity index (χ1n) is 6.30. The van der Waals surface area contributed by atoms with E-state index >= 15 is 0 Å². The van der Waals surface area contributed by atoms with Gasteiger partial charge in [-0.05, 0) is 25.5 Å². The topological polar surface area (TPSA) is 79.5 Å². The summed E-state index contributed by atoms with van der Waals surface area (Å²) in [6, 6.07) is 0.384. The van der Waals surface area contributed by atoms with Crippen LogP contribution >= 0.6 is 11.5 Å². The van der Waals surface area contributed by atoms with E-state index in [1.165, 1.54) is 11.5 Å². The molecule has 1 atom stereocenters. The molecule has 0 amide bonds. The number of hydrogen-bond acceptors (Lipinski definition) is 7. The number of anilines is 2. The number of piperazine rings is 1. The molecule has 2 N–H and O–H groups in total. The summed E-state index contributed by atoms with van der Waals surface area (Å²) < 4.78 is 28.3. The standard InChI is InChI=1S/C11H20N4O2S2/c1-4-19(16,17)9-10(12)13-18-11(9)15-6-5-14(3)8(2)7-15/h8H,4-7H2,1-3H3,(H2,12,13). The van der Waals surface area contributed by atoms with Crippen LogP contribution in [0, 0.1) is 0 Å². The van der Waals surface area contributed by atoms with E-state index in [1.807, 2.05) is 0 Å². The van der Waals surface area contributed by atoms with Gasteiger partial charge in [0.15, 0.2) is 15.7 Å². The molecule has 108 valence electrons. The van der Waals surface area contributed by atoms with E-state index in [-0.39, 0.29) is 16.5 Å². The van der Waals surface area contributed by atoms with Crippen molar-refractivity contribution in [2.45, 2.75) is 24.8 Å². The molecule has 0 radical (unpaired) electrons. The van der Waals surface area contributed by atoms with Gasteiger partial charge < -0.3 is 15.5 Å². The van der Waals surface area contributed by atoms with Crippen molar-refractivity contribution in [1.29, 1.82) is 0 Å². The van der Waals surface area contributed by atoms with Gasteiger partial charge in [0.05, 0.1) is 5.75 Å². The average Bonchev–Trinajstić information content (AvgIpc) is 2.75. The van der Waals surface area contributed by atoms with Crippen LogP contribution in [0.4, 0.5) is 10.8 Å². The second-order valence-electron chi connectivity index (χ2n) is 4.88. The number of hydrogen-bond donors (Lipinski definition) is 1. The van der Waals surface area contributed by atoms with Gasteiger partial charge in [-0.3, -0.25) is 0 Å². The van der Waals surface area contributed by atoms with Crippen LogP contribution in [0.3, 0.4) is 0 Å². The number of nitrogens with two attached hydrogens (primary N) is 1. The highest BCUT2D eigenvalue weighted by Crippen LogP contribution is 2.36. The first kappa shape index (κ1) is 14.5. The second-order valence-corrected chi connectivity index (χ2v) is 7.85. The van der Waals surface area contributed by atoms with Gasteiger partial charge in [-0.2, -0.15) is 4.37 Å². The Morgan fingerprint density at radius 3 is 2.74 bits per heavy atom. The van der Waals surface area contributed by atoms with E-state index in [4.69, 9.17) is 5.73 Å². The van der Waals surface area contributed by atoms with Gasteiger partial charge in [0.2, 0.25) is 0 Å². The van der Waals surface area contributed by atoms with Crippen molar-refractivity contribution in [2.75, 3.05) is 43.1 Å². The third-order valence-corrected chi connectivity index (χ3v) is 6.43. The lowest BCUT2D eigenvalue weighted by atomic mass is 10.2. The Morgan fingerprint density at radius 1 is 1.47 bits per heavy atom. The predicted octanol–water partition coefficient (Wildman–Crippen LogP) is 0.659. The zero-order chi connectivity index (χ0) is 14.2. The lowest BCUT2D eigenvalue weighted by Gasteiger charge is -2.38. The molecule has 0 aromatic carbocycles. The lowest BCUT2D eigenvalue weighted by molar-refractivity contribution is 0.234. The Hall–Kier alpha value is -0.860. The molecule has 2 heterocycles. The van der Waals surface area contributed by atoms with E-state index in [0.717, 1.165) is 19.6 Å². The molecule has 1 saturated heterocycles. The van der Waals surface area contributed by atoms with Crippen molar-refractivity contribution in [2.24, 2.45) is 0 Å². The Balaban J connectivity index is 2.37. The van der Waals surface area contributed by atoms with E-state index in [0.29, 0.717) is 11.0 Å². The first-order chi connectivity index (χ1) is 8.86. The molecule has 0 spiro atoms. The van der Waals surface area contributed by atoms with Gasteiger partial charge in [-0.15, -0.1) is 0 Å². The maximum Gasteiger partial charge on any atom is 0.184 e. The highest BCUT2D eigenvalue weighted by Gasteiger charge is 2.30. The monoisotopic (exact) mass is 304 g/mol. The predicted molar refractivity (Wildman–Crippen MR) is 78.6 cm³/mol. The van der Waals surface area contributed by atoms with Crippen LogP contribution in [0.15, 0.2) is 4.90 Å². The van der Waals surface area contributed by atoms with Gasteiger partial charge in [0.1, 0.15) is 9.90 Å². The van der Waals surface area contributed by atoms with Crippen molar-refractivity contribution in [1.82, 2.24) is 9.27 Å². The summed E-state index contributed by atoms with van der Waals surface area (Å²) in [5, 5.41) is 0.694. The molecule has 1 aliphatic heterocycles. The van der Waals surface area contributed by atoms with Crippen LogP contribution in [0.25, 0.3) is 0 Å². The molecule has 1 aromatic rings. The van der Waals surface area contributed by atoms with E-state index < -0.39 is 9.84 Å². The Morgan fingerprint density at radius 2 is 2.16 bits per heavy atom. The molecule has 0 saturated carbocycles. The summed E-state index contributed by atoms with van der Waals surface area (Å²) in [6.45, 7) is 6.26. The number of nitrogens with zero attached hydrogens (tertiary/aromatic N) is 3. The first-order valence-corrected chi connectivity index (χ1v) is 8.72. The van der Waals surface area contributed by atoms with E-state index in [2.05, 4.69) is 28.1 Å². The minimum Gasteiger partial charge on any atom is -0.382 e. The molecule has 0 aliphatic carbocycles. The zero-order valence-corrected chi connectivity index (χ0v) is 13.1. The molecule has 1 aliphatic rings. The van der Waals surface area contributed by atoms with Crippen molar-refractivity contribution >= 4 is 32.2 Å². The zero-order valence-electron chi connectivity index (χ0n) is 11.5. The van der Waals surface area contributed by atoms with E-state index in [9.17, 15) is 8.42 Å². The summed E-state index contributed by atoms with van der Waals surface area (Å²) >= 11 is 1.18. The summed E-state index contributed by atoms with van der Waals surface area (Å²) in [6.07, 6.45) is 0. The third-order valence-electron chi connectivity index (χ3n) is 3.60. The molecular weight excluding hydrogens is 284 g/mol. The van der Waals surface area contributed by atoms with Crippen LogP contribution < -0.4 is 10.6 Å². The van der Waals surface area contributed by atoms with Gasteiger partial charge in [0, 0.05) is 25.7 Å². The van der Waals surface area contributed by atoms with Crippen molar-refractivity contribution in [3.05, 3.63) is 0 Å². The van der Waals surface area contributed by atoms with Gasteiger partial charge in [-0.1, -0.05) is 6.92 Å². The fourth-order valence-electron chi connectivity index (χ4n) is 2.16. The molecule has 1 aromatic heterocycles. The van der Waals surface area contributed by atoms with Gasteiger partial charge >= 0.3 is 0 Å². The van der Waals surface area contributed by atoms with Gasteiger partial charge in [0.25, 0.3) is 0 Å². The SMILES string of the molecule is CCS(=O)(=O)c1c(N)nsc1N1CCN(C)C(C)C1. The Bertz CT molecular complexity index is 555. The Kier molecular flexibility index (Phi) is 4.03. The minimum atomic E-state index is -3.33. The maximum atomic E-state index is 12.1. The van der Waals surface area contributed by atoms with Crippen molar-refractivity contribution in [3.8, 4) is 0 Å². The summed E-state index contributed by atoms with van der Waals surface area (Å²) in [4.78, 5) is 4.56. The van der Waals surface area contributed by atoms with Gasteiger partial charge in [-0.25, -0.2) is 8.42 Å².